The molecule has 0 aromatic heterocycles. The molecule has 0 spiro atoms. The van der Waals surface area contributed by atoms with Crippen LogP contribution in [-0.4, -0.2) is 20.7 Å². The standard InChI is InChI=1S/C9H13ClN2.H3O4P/c1-7(12-11)5-8-3-2-4-9(10)6-8;1-5(2,3)4/h2-4,6-7,12H,5,11H2,1H3;(H3,1,2,3,4). The lowest BCUT2D eigenvalue weighted by Crippen LogP contribution is -2.34. The first-order chi connectivity index (χ1) is 7.72. The van der Waals surface area contributed by atoms with Gasteiger partial charge in [-0.3, -0.25) is 11.3 Å². The van der Waals surface area contributed by atoms with Crippen LogP contribution < -0.4 is 11.3 Å². The van der Waals surface area contributed by atoms with Crippen molar-refractivity contribution < 1.29 is 19.2 Å². The van der Waals surface area contributed by atoms with Crippen molar-refractivity contribution in [2.45, 2.75) is 19.4 Å². The largest absolute Gasteiger partial charge is 0.466 e. The highest BCUT2D eigenvalue weighted by molar-refractivity contribution is 7.45. The Morgan fingerprint density at radius 1 is 1.47 bits per heavy atom. The summed E-state index contributed by atoms with van der Waals surface area (Å²) < 4.78 is 8.88. The molecule has 0 aliphatic carbocycles. The molecule has 17 heavy (non-hydrogen) atoms. The molecule has 0 heterocycles. The fourth-order valence-corrected chi connectivity index (χ4v) is 1.29. The average molecular weight is 283 g/mol. The van der Waals surface area contributed by atoms with Gasteiger partial charge in [0.15, 0.2) is 0 Å². The van der Waals surface area contributed by atoms with Gasteiger partial charge in [-0.1, -0.05) is 23.7 Å². The first kappa shape index (κ1) is 16.5. The normalized spacial score (nSPS) is 12.6. The summed E-state index contributed by atoms with van der Waals surface area (Å²) in [5, 5.41) is 0.775. The predicted molar refractivity (Wildman–Crippen MR) is 66.2 cm³/mol. The zero-order valence-corrected chi connectivity index (χ0v) is 10.9. The first-order valence-corrected chi connectivity index (χ1v) is 6.65. The molecular weight excluding hydrogens is 267 g/mol. The number of nitrogens with two attached hydrogens (primary N) is 1. The van der Waals surface area contributed by atoms with Crippen LogP contribution in [0.25, 0.3) is 0 Å². The van der Waals surface area contributed by atoms with E-state index in [0.717, 1.165) is 11.4 Å². The van der Waals surface area contributed by atoms with Gasteiger partial charge in [-0.2, -0.15) is 0 Å². The molecule has 8 heteroatoms. The second-order valence-electron chi connectivity index (χ2n) is 3.42. The Balaban J connectivity index is 0.000000437. The minimum atomic E-state index is -4.64. The number of hydrogen-bond donors (Lipinski definition) is 5. The van der Waals surface area contributed by atoms with E-state index in [1.54, 1.807) is 0 Å². The van der Waals surface area contributed by atoms with Crippen molar-refractivity contribution in [3.63, 3.8) is 0 Å². The molecule has 1 aromatic carbocycles. The highest BCUT2D eigenvalue weighted by Gasteiger charge is 2.00. The monoisotopic (exact) mass is 282 g/mol. The molecule has 0 bridgehead atoms. The SMILES string of the molecule is CC(Cc1cccc(Cl)c1)NN.O=P(O)(O)O. The summed E-state index contributed by atoms with van der Waals surface area (Å²) in [6, 6.07) is 8.09. The third-order valence-corrected chi connectivity index (χ3v) is 1.95. The van der Waals surface area contributed by atoms with Crippen LogP contribution >= 0.6 is 19.4 Å². The molecule has 0 aliphatic heterocycles. The van der Waals surface area contributed by atoms with Gasteiger partial charge < -0.3 is 14.7 Å². The molecule has 1 aromatic rings. The van der Waals surface area contributed by atoms with E-state index in [1.165, 1.54) is 5.56 Å². The number of rotatable bonds is 3. The van der Waals surface area contributed by atoms with Crippen molar-refractivity contribution in [2.75, 3.05) is 0 Å². The van der Waals surface area contributed by atoms with Gasteiger partial charge in [0.05, 0.1) is 0 Å². The van der Waals surface area contributed by atoms with Crippen LogP contribution in [0, 0.1) is 0 Å². The van der Waals surface area contributed by atoms with Crippen LogP contribution in [0.4, 0.5) is 0 Å². The average Bonchev–Trinajstić information content (AvgIpc) is 2.15. The summed E-state index contributed by atoms with van der Waals surface area (Å²) in [5.41, 5.74) is 3.89. The molecule has 6 N–H and O–H groups in total. The zero-order valence-electron chi connectivity index (χ0n) is 9.25. The van der Waals surface area contributed by atoms with Gasteiger partial charge in [-0.25, -0.2) is 4.57 Å². The van der Waals surface area contributed by atoms with Crippen molar-refractivity contribution in [1.82, 2.24) is 5.43 Å². The molecule has 98 valence electrons. The number of hydrazine groups is 1. The van der Waals surface area contributed by atoms with Gasteiger partial charge in [0.1, 0.15) is 0 Å². The maximum absolute atomic E-state index is 8.88. The molecule has 0 radical (unpaired) electrons. The van der Waals surface area contributed by atoms with Gasteiger partial charge in [0, 0.05) is 11.1 Å². The number of halogens is 1. The smallest absolute Gasteiger partial charge is 0.303 e. The third kappa shape index (κ3) is 11.8. The zero-order chi connectivity index (χ0) is 13.5. The maximum atomic E-state index is 8.88. The quantitative estimate of drug-likeness (QED) is 0.318. The molecular formula is C9H16ClN2O4P. The molecule has 0 saturated carbocycles. The summed E-state index contributed by atoms with van der Waals surface area (Å²) >= 11 is 5.82. The molecule has 0 saturated heterocycles. The molecule has 0 amide bonds. The van der Waals surface area contributed by atoms with Crippen LogP contribution in [0.3, 0.4) is 0 Å². The second kappa shape index (κ2) is 7.79. The Morgan fingerprint density at radius 3 is 2.41 bits per heavy atom. The lowest BCUT2D eigenvalue weighted by molar-refractivity contribution is 0.275. The van der Waals surface area contributed by atoms with Crippen molar-refractivity contribution in [3.8, 4) is 0 Å². The molecule has 0 aliphatic rings. The van der Waals surface area contributed by atoms with Gasteiger partial charge in [-0.05, 0) is 31.0 Å². The lowest BCUT2D eigenvalue weighted by Gasteiger charge is -2.09. The fourth-order valence-electron chi connectivity index (χ4n) is 1.08. The van der Waals surface area contributed by atoms with Gasteiger partial charge in [0.2, 0.25) is 0 Å². The van der Waals surface area contributed by atoms with E-state index in [9.17, 15) is 0 Å². The Hall–Kier alpha value is -0.460. The Kier molecular flexibility index (Phi) is 7.58. The lowest BCUT2D eigenvalue weighted by atomic mass is 10.1. The van der Waals surface area contributed by atoms with Crippen LogP contribution in [0.2, 0.25) is 5.02 Å². The van der Waals surface area contributed by atoms with E-state index in [4.69, 9.17) is 36.7 Å². The fraction of sp³-hybridized carbons (Fsp3) is 0.333. The van der Waals surface area contributed by atoms with E-state index >= 15 is 0 Å². The van der Waals surface area contributed by atoms with E-state index in [0.29, 0.717) is 0 Å². The van der Waals surface area contributed by atoms with Gasteiger partial charge in [-0.15, -0.1) is 0 Å². The van der Waals surface area contributed by atoms with Gasteiger partial charge in [0.25, 0.3) is 0 Å². The molecule has 6 nitrogen and oxygen atoms in total. The van der Waals surface area contributed by atoms with Crippen LogP contribution in [0.1, 0.15) is 12.5 Å². The molecule has 1 atom stereocenters. The summed E-state index contributed by atoms with van der Waals surface area (Å²) in [5.74, 6) is 5.27. The van der Waals surface area contributed by atoms with Crippen LogP contribution in [0.5, 0.6) is 0 Å². The van der Waals surface area contributed by atoms with Crippen molar-refractivity contribution in [3.05, 3.63) is 34.9 Å². The van der Waals surface area contributed by atoms with Crippen molar-refractivity contribution in [2.24, 2.45) is 5.84 Å². The highest BCUT2D eigenvalue weighted by Crippen LogP contribution is 2.25. The van der Waals surface area contributed by atoms with Crippen LogP contribution in [-0.2, 0) is 11.0 Å². The molecule has 0 fully saturated rings. The van der Waals surface area contributed by atoms with E-state index in [-0.39, 0.29) is 6.04 Å². The van der Waals surface area contributed by atoms with E-state index in [1.807, 2.05) is 31.2 Å². The second-order valence-corrected chi connectivity index (χ2v) is 4.88. The summed E-state index contributed by atoms with van der Waals surface area (Å²) in [4.78, 5) is 21.6. The topological polar surface area (TPSA) is 116 Å². The Bertz CT molecular complexity index is 377. The number of benzene rings is 1. The Morgan fingerprint density at radius 2 is 2.00 bits per heavy atom. The molecule has 1 rings (SSSR count). The molecule has 1 unspecified atom stereocenters. The van der Waals surface area contributed by atoms with Crippen molar-refractivity contribution >= 4 is 19.4 Å². The highest BCUT2D eigenvalue weighted by atomic mass is 35.5. The van der Waals surface area contributed by atoms with Crippen molar-refractivity contribution in [1.29, 1.82) is 0 Å². The minimum absolute atomic E-state index is 0.281. The van der Waals surface area contributed by atoms with E-state index in [2.05, 4.69) is 5.43 Å². The number of hydrogen-bond acceptors (Lipinski definition) is 3. The third-order valence-electron chi connectivity index (χ3n) is 1.72. The number of nitrogens with one attached hydrogen (secondary N) is 1. The minimum Gasteiger partial charge on any atom is -0.303 e. The Labute approximate surface area is 105 Å². The van der Waals surface area contributed by atoms with Crippen LogP contribution in [0.15, 0.2) is 24.3 Å². The van der Waals surface area contributed by atoms with Gasteiger partial charge >= 0.3 is 7.82 Å². The van der Waals surface area contributed by atoms with E-state index < -0.39 is 7.82 Å². The summed E-state index contributed by atoms with van der Waals surface area (Å²) in [6.45, 7) is 2.03. The summed E-state index contributed by atoms with van der Waals surface area (Å²) in [7, 11) is -4.64. The maximum Gasteiger partial charge on any atom is 0.466 e. The first-order valence-electron chi connectivity index (χ1n) is 4.71. The number of phosphoric acid groups is 1. The predicted octanol–water partition coefficient (Wildman–Crippen LogP) is 0.806. The summed E-state index contributed by atoms with van der Waals surface area (Å²) in [6.07, 6.45) is 0.900.